The molecule has 2 aliphatic rings. The van der Waals surface area contributed by atoms with Crippen molar-refractivity contribution in [3.63, 3.8) is 0 Å². The highest BCUT2D eigenvalue weighted by Crippen LogP contribution is 2.42. The molecule has 0 saturated carbocycles. The number of nitrogens with one attached hydrogen (secondary N) is 1. The Balaban J connectivity index is 2.19. The first-order valence-electron chi connectivity index (χ1n) is 5.65. The molecular formula is C13H13NO2. The predicted molar refractivity (Wildman–Crippen MR) is 59.6 cm³/mol. The lowest BCUT2D eigenvalue weighted by molar-refractivity contribution is -0.120. The lowest BCUT2D eigenvalue weighted by Gasteiger charge is -2.32. The van der Waals surface area contributed by atoms with Crippen LogP contribution in [-0.2, 0) is 10.2 Å². The third-order valence-electron chi connectivity index (χ3n) is 3.79. The summed E-state index contributed by atoms with van der Waals surface area (Å²) in [6, 6.07) is 7.44. The molecule has 3 heteroatoms. The molecule has 82 valence electrons. The van der Waals surface area contributed by atoms with E-state index in [9.17, 15) is 9.59 Å². The van der Waals surface area contributed by atoms with Gasteiger partial charge < -0.3 is 5.32 Å². The molecule has 0 aromatic heterocycles. The summed E-state index contributed by atoms with van der Waals surface area (Å²) in [5.74, 6) is -0.493. The minimum Gasteiger partial charge on any atom is -0.317 e. The van der Waals surface area contributed by atoms with Crippen LogP contribution in [0.3, 0.4) is 0 Å². The number of hydrogen-bond donors (Lipinski definition) is 1. The van der Waals surface area contributed by atoms with Gasteiger partial charge >= 0.3 is 0 Å². The Hall–Kier alpha value is -1.48. The molecule has 3 nitrogen and oxygen atoms in total. The van der Waals surface area contributed by atoms with Crippen molar-refractivity contribution in [3.05, 3.63) is 35.4 Å². The Bertz CT molecular complexity index is 473. The van der Waals surface area contributed by atoms with Crippen LogP contribution in [0.1, 0.15) is 28.8 Å². The molecule has 1 aliphatic heterocycles. The van der Waals surface area contributed by atoms with Crippen LogP contribution < -0.4 is 5.32 Å². The zero-order chi connectivity index (χ0) is 11.2. The van der Waals surface area contributed by atoms with Crippen LogP contribution in [-0.4, -0.2) is 24.7 Å². The molecule has 1 aliphatic carbocycles. The van der Waals surface area contributed by atoms with Crippen LogP contribution in [0.4, 0.5) is 0 Å². The average molecular weight is 215 g/mol. The summed E-state index contributed by atoms with van der Waals surface area (Å²) in [4.78, 5) is 24.1. The van der Waals surface area contributed by atoms with Gasteiger partial charge in [0.15, 0.2) is 0 Å². The first-order chi connectivity index (χ1) is 7.76. The number of rotatable bonds is 0. The minimum atomic E-state index is -0.515. The van der Waals surface area contributed by atoms with Gasteiger partial charge in [0.05, 0.1) is 5.41 Å². The van der Waals surface area contributed by atoms with E-state index in [-0.39, 0.29) is 11.6 Å². The second kappa shape index (κ2) is 3.25. The van der Waals surface area contributed by atoms with Crippen LogP contribution in [0.15, 0.2) is 24.3 Å². The number of benzene rings is 1. The van der Waals surface area contributed by atoms with Crippen LogP contribution in [0, 0.1) is 0 Å². The SMILES string of the molecule is O=C1C(=O)C2(CCNCC2)c2ccccc21. The normalized spacial score (nSPS) is 22.5. The van der Waals surface area contributed by atoms with Crippen LogP contribution in [0.25, 0.3) is 0 Å². The molecule has 1 aromatic carbocycles. The number of Topliss-reactive ketones (excluding diaryl/α,β-unsaturated/α-hetero) is 2. The molecule has 0 atom stereocenters. The molecular weight excluding hydrogens is 202 g/mol. The van der Waals surface area contributed by atoms with E-state index in [1.807, 2.05) is 18.2 Å². The monoisotopic (exact) mass is 215 g/mol. The lowest BCUT2D eigenvalue weighted by atomic mass is 9.73. The Morgan fingerprint density at radius 1 is 1.06 bits per heavy atom. The largest absolute Gasteiger partial charge is 0.317 e. The zero-order valence-corrected chi connectivity index (χ0v) is 8.95. The van der Waals surface area contributed by atoms with Gasteiger partial charge in [-0.3, -0.25) is 9.59 Å². The van der Waals surface area contributed by atoms with E-state index >= 15 is 0 Å². The number of ketones is 2. The first-order valence-corrected chi connectivity index (χ1v) is 5.65. The summed E-state index contributed by atoms with van der Waals surface area (Å²) in [6.45, 7) is 1.63. The average Bonchev–Trinajstić information content (AvgIpc) is 2.55. The van der Waals surface area contributed by atoms with E-state index in [1.54, 1.807) is 6.07 Å². The number of carbonyl (C=O) groups is 2. The molecule has 1 aromatic rings. The maximum Gasteiger partial charge on any atom is 0.229 e. The standard InChI is InChI=1S/C13H13NO2/c15-11-9-3-1-2-4-10(9)13(12(11)16)5-7-14-8-6-13/h1-4,14H,5-8H2. The Kier molecular flexibility index (Phi) is 1.98. The molecule has 1 heterocycles. The number of piperidine rings is 1. The minimum absolute atomic E-state index is 0.199. The third-order valence-corrected chi connectivity index (χ3v) is 3.79. The van der Waals surface area contributed by atoms with Gasteiger partial charge in [0.2, 0.25) is 11.6 Å². The van der Waals surface area contributed by atoms with Gasteiger partial charge in [0.25, 0.3) is 0 Å². The van der Waals surface area contributed by atoms with Crippen molar-refractivity contribution in [2.75, 3.05) is 13.1 Å². The topological polar surface area (TPSA) is 46.2 Å². The highest BCUT2D eigenvalue weighted by Gasteiger charge is 2.51. The summed E-state index contributed by atoms with van der Waals surface area (Å²) >= 11 is 0. The molecule has 16 heavy (non-hydrogen) atoms. The summed E-state index contributed by atoms with van der Waals surface area (Å²) in [7, 11) is 0. The van der Waals surface area contributed by atoms with Crippen molar-refractivity contribution in [2.45, 2.75) is 18.3 Å². The zero-order valence-electron chi connectivity index (χ0n) is 8.95. The van der Waals surface area contributed by atoms with Crippen molar-refractivity contribution in [3.8, 4) is 0 Å². The van der Waals surface area contributed by atoms with E-state index < -0.39 is 5.41 Å². The molecule has 1 fully saturated rings. The van der Waals surface area contributed by atoms with Crippen molar-refractivity contribution in [2.24, 2.45) is 0 Å². The molecule has 3 rings (SSSR count). The molecule has 0 unspecified atom stereocenters. The molecule has 0 bridgehead atoms. The van der Waals surface area contributed by atoms with Crippen molar-refractivity contribution in [1.82, 2.24) is 5.32 Å². The summed E-state index contributed by atoms with van der Waals surface area (Å²) in [5, 5.41) is 3.24. The fraction of sp³-hybridized carbons (Fsp3) is 0.385. The van der Waals surface area contributed by atoms with Gasteiger partial charge in [-0.25, -0.2) is 0 Å². The number of carbonyl (C=O) groups excluding carboxylic acids is 2. The van der Waals surface area contributed by atoms with Crippen LogP contribution >= 0.6 is 0 Å². The van der Waals surface area contributed by atoms with Gasteiger partial charge in [-0.1, -0.05) is 24.3 Å². The Labute approximate surface area is 93.8 Å². The lowest BCUT2D eigenvalue weighted by Crippen LogP contribution is -2.44. The van der Waals surface area contributed by atoms with Gasteiger partial charge in [0, 0.05) is 5.56 Å². The molecule has 1 spiro atoms. The molecule has 0 radical (unpaired) electrons. The van der Waals surface area contributed by atoms with E-state index in [0.717, 1.165) is 31.5 Å². The predicted octanol–water partition coefficient (Wildman–Crippen LogP) is 1.07. The quantitative estimate of drug-likeness (QED) is 0.658. The first kappa shape index (κ1) is 9.73. The second-order valence-electron chi connectivity index (χ2n) is 4.54. The smallest absolute Gasteiger partial charge is 0.229 e. The van der Waals surface area contributed by atoms with Crippen molar-refractivity contribution >= 4 is 11.6 Å². The highest BCUT2D eigenvalue weighted by atomic mass is 16.2. The van der Waals surface area contributed by atoms with Gasteiger partial charge in [-0.05, 0) is 31.5 Å². The molecule has 1 saturated heterocycles. The van der Waals surface area contributed by atoms with E-state index in [0.29, 0.717) is 5.56 Å². The highest BCUT2D eigenvalue weighted by molar-refractivity contribution is 6.50. The van der Waals surface area contributed by atoms with Crippen molar-refractivity contribution in [1.29, 1.82) is 0 Å². The van der Waals surface area contributed by atoms with Crippen LogP contribution in [0.2, 0.25) is 0 Å². The van der Waals surface area contributed by atoms with E-state index in [2.05, 4.69) is 5.32 Å². The van der Waals surface area contributed by atoms with Gasteiger partial charge in [-0.15, -0.1) is 0 Å². The van der Waals surface area contributed by atoms with Gasteiger partial charge in [0.1, 0.15) is 0 Å². The fourth-order valence-electron chi connectivity index (χ4n) is 2.91. The maximum atomic E-state index is 12.2. The molecule has 1 N–H and O–H groups in total. The summed E-state index contributed by atoms with van der Waals surface area (Å²) in [5.41, 5.74) is 1.06. The van der Waals surface area contributed by atoms with E-state index in [4.69, 9.17) is 0 Å². The molecule has 0 amide bonds. The maximum absolute atomic E-state index is 12.2. The van der Waals surface area contributed by atoms with Crippen molar-refractivity contribution < 1.29 is 9.59 Å². The third kappa shape index (κ3) is 1.06. The number of fused-ring (bicyclic) bond motifs is 2. The van der Waals surface area contributed by atoms with E-state index in [1.165, 1.54) is 0 Å². The van der Waals surface area contributed by atoms with Gasteiger partial charge in [-0.2, -0.15) is 0 Å². The van der Waals surface area contributed by atoms with Crippen LogP contribution in [0.5, 0.6) is 0 Å². The second-order valence-corrected chi connectivity index (χ2v) is 4.54. The Morgan fingerprint density at radius 2 is 1.75 bits per heavy atom. The Morgan fingerprint density at radius 3 is 2.50 bits per heavy atom. The summed E-state index contributed by atoms with van der Waals surface area (Å²) in [6.07, 6.45) is 1.49. The number of hydrogen-bond acceptors (Lipinski definition) is 3. The summed E-state index contributed by atoms with van der Waals surface area (Å²) < 4.78 is 0. The fourth-order valence-corrected chi connectivity index (χ4v) is 2.91.